The molecule has 10 heteroatoms. The Bertz CT molecular complexity index is 874. The van der Waals surface area contributed by atoms with Crippen molar-refractivity contribution in [1.29, 1.82) is 0 Å². The van der Waals surface area contributed by atoms with Crippen LogP contribution in [0.5, 0.6) is 0 Å². The van der Waals surface area contributed by atoms with Gasteiger partial charge in [0.05, 0.1) is 6.04 Å². The Morgan fingerprint density at radius 2 is 1.62 bits per heavy atom. The minimum atomic E-state index is -3.67. The van der Waals surface area contributed by atoms with E-state index < -0.39 is 6.68 Å². The summed E-state index contributed by atoms with van der Waals surface area (Å²) < 4.78 is 42.4. The zero-order chi connectivity index (χ0) is 28.8. The third-order valence-corrected chi connectivity index (χ3v) is 4.55. The van der Waals surface area contributed by atoms with Crippen LogP contribution in [0.15, 0.2) is 53.5 Å². The molecule has 2 aromatic rings. The number of aliphatic imine (C=N–C) groups is 1. The third-order valence-electron chi connectivity index (χ3n) is 4.55. The molecule has 208 valence electrons. The lowest BCUT2D eigenvalue weighted by Crippen LogP contribution is -2.35. The number of hydrogen-bond acceptors (Lipinski definition) is 3. The van der Waals surface area contributed by atoms with Gasteiger partial charge in [0.25, 0.3) is 0 Å². The molecule has 0 radical (unpaired) electrons. The van der Waals surface area contributed by atoms with Crippen LogP contribution in [-0.4, -0.2) is 43.3 Å². The van der Waals surface area contributed by atoms with E-state index in [2.05, 4.69) is 10.3 Å². The number of nitrogens with two attached hydrogens (primary N) is 1. The van der Waals surface area contributed by atoms with Gasteiger partial charge in [-0.1, -0.05) is 64.1 Å². The molecule has 0 saturated carbocycles. The van der Waals surface area contributed by atoms with E-state index >= 15 is 0 Å². The number of rotatable bonds is 9. The van der Waals surface area contributed by atoms with Gasteiger partial charge in [-0.2, -0.15) is 13.2 Å². The van der Waals surface area contributed by atoms with E-state index in [1.807, 2.05) is 71.0 Å². The number of aryl methyl sites for hydroxylation is 1. The zero-order valence-corrected chi connectivity index (χ0v) is 22.4. The summed E-state index contributed by atoms with van der Waals surface area (Å²) in [6, 6.07) is 14.5. The lowest BCUT2D eigenvalue weighted by Gasteiger charge is -2.22. The van der Waals surface area contributed by atoms with Crippen LogP contribution < -0.4 is 11.1 Å². The molecule has 0 bridgehead atoms. The molecular weight excluding hydrogens is 488 g/mol. The molecule has 2 aromatic carbocycles. The summed E-state index contributed by atoms with van der Waals surface area (Å²) in [5, 5.41) is 2.58. The predicted molar refractivity (Wildman–Crippen MR) is 141 cm³/mol. The van der Waals surface area contributed by atoms with E-state index in [1.165, 1.54) is 12.1 Å². The van der Waals surface area contributed by atoms with Crippen molar-refractivity contribution in [3.63, 3.8) is 0 Å². The Hall–Kier alpha value is -3.43. The van der Waals surface area contributed by atoms with Crippen molar-refractivity contribution in [2.45, 2.75) is 66.9 Å². The van der Waals surface area contributed by atoms with E-state index in [0.29, 0.717) is 31.9 Å². The highest BCUT2D eigenvalue weighted by Crippen LogP contribution is 2.12. The number of halogens is 4. The zero-order valence-electron chi connectivity index (χ0n) is 22.4. The van der Waals surface area contributed by atoms with E-state index in [-0.39, 0.29) is 17.8 Å². The molecule has 0 aliphatic heterocycles. The van der Waals surface area contributed by atoms with Crippen LogP contribution in [0.3, 0.4) is 0 Å². The molecule has 37 heavy (non-hydrogen) atoms. The van der Waals surface area contributed by atoms with Crippen LogP contribution in [0.25, 0.3) is 0 Å². The first-order valence-electron chi connectivity index (χ1n) is 11.9. The van der Waals surface area contributed by atoms with Crippen molar-refractivity contribution in [2.75, 3.05) is 7.05 Å². The highest BCUT2D eigenvalue weighted by atomic mass is 19.4. The average Bonchev–Trinajstić information content (AvgIpc) is 2.83. The molecule has 0 saturated heterocycles. The van der Waals surface area contributed by atoms with Crippen molar-refractivity contribution in [3.8, 4) is 0 Å². The first-order valence-corrected chi connectivity index (χ1v) is 11.9. The Morgan fingerprint density at radius 3 is 2.08 bits per heavy atom. The predicted octanol–water partition coefficient (Wildman–Crippen LogP) is 5.63. The molecule has 0 aliphatic carbocycles. The molecule has 0 aromatic heterocycles. The second kappa shape index (κ2) is 21.8. The summed E-state index contributed by atoms with van der Waals surface area (Å²) in [4.78, 5) is 26.7. The number of aldehydes is 1. The van der Waals surface area contributed by atoms with Gasteiger partial charge in [-0.05, 0) is 41.7 Å². The fourth-order valence-electron chi connectivity index (χ4n) is 2.85. The summed E-state index contributed by atoms with van der Waals surface area (Å²) in [6.45, 7) is 7.27. The van der Waals surface area contributed by atoms with E-state index in [9.17, 15) is 27.2 Å². The average molecular weight is 529 g/mol. The lowest BCUT2D eigenvalue weighted by atomic mass is 10.0. The fourth-order valence-corrected chi connectivity index (χ4v) is 2.85. The minimum absolute atomic E-state index is 0.126. The summed E-state index contributed by atoms with van der Waals surface area (Å²) in [5.74, 6) is 0.339. The molecule has 2 rings (SSSR count). The topological polar surface area (TPSA) is 87.8 Å². The van der Waals surface area contributed by atoms with Gasteiger partial charge in [-0.15, -0.1) is 0 Å². The van der Waals surface area contributed by atoms with E-state index in [0.717, 1.165) is 23.0 Å². The largest absolute Gasteiger partial charge is 0.379 e. The number of guanidine groups is 1. The maximum Gasteiger partial charge on any atom is 0.379 e. The number of carbonyl (C=O) groups excluding carboxylic acids is 2. The number of amides is 1. The minimum Gasteiger partial charge on any atom is -0.370 e. The Kier molecular flexibility index (Phi) is 21.1. The molecule has 1 unspecified atom stereocenters. The SMILES string of the molecule is CC.Cc1cc(F)cc(CN(C)C(N)=NC(CC=O)C(C)C)c1.FC(F)F.O=CNCc1ccccc1. The van der Waals surface area contributed by atoms with Gasteiger partial charge in [0.2, 0.25) is 6.41 Å². The van der Waals surface area contributed by atoms with Crippen LogP contribution in [0.1, 0.15) is 50.8 Å². The first-order chi connectivity index (χ1) is 17.5. The number of carbonyl (C=O) groups is 2. The monoisotopic (exact) mass is 528 g/mol. The Morgan fingerprint density at radius 1 is 1.05 bits per heavy atom. The number of nitrogens with zero attached hydrogens (tertiary/aromatic N) is 2. The number of alkyl halides is 3. The van der Waals surface area contributed by atoms with Crippen molar-refractivity contribution < 1.29 is 27.2 Å². The highest BCUT2D eigenvalue weighted by Gasteiger charge is 2.14. The molecule has 0 spiro atoms. The van der Waals surface area contributed by atoms with Gasteiger partial charge in [-0.25, -0.2) is 9.38 Å². The van der Waals surface area contributed by atoms with Crippen LogP contribution in [0.4, 0.5) is 17.6 Å². The third kappa shape index (κ3) is 19.4. The van der Waals surface area contributed by atoms with Crippen molar-refractivity contribution >= 4 is 18.7 Å². The molecule has 0 aliphatic rings. The lowest BCUT2D eigenvalue weighted by molar-refractivity contribution is -0.110. The highest BCUT2D eigenvalue weighted by molar-refractivity contribution is 5.78. The van der Waals surface area contributed by atoms with E-state index in [4.69, 9.17) is 5.73 Å². The van der Waals surface area contributed by atoms with Crippen LogP contribution in [0.2, 0.25) is 0 Å². The van der Waals surface area contributed by atoms with Gasteiger partial charge in [0.1, 0.15) is 12.1 Å². The van der Waals surface area contributed by atoms with Gasteiger partial charge in [-0.3, -0.25) is 4.79 Å². The van der Waals surface area contributed by atoms with Crippen LogP contribution in [0, 0.1) is 18.7 Å². The van der Waals surface area contributed by atoms with Crippen molar-refractivity contribution in [1.82, 2.24) is 10.2 Å². The Labute approximate surface area is 218 Å². The Balaban J connectivity index is 0. The summed E-state index contributed by atoms with van der Waals surface area (Å²) in [5.41, 5.74) is 8.80. The number of nitrogens with one attached hydrogen (secondary N) is 1. The van der Waals surface area contributed by atoms with Gasteiger partial charge >= 0.3 is 6.68 Å². The van der Waals surface area contributed by atoms with Gasteiger partial charge in [0.15, 0.2) is 5.96 Å². The summed E-state index contributed by atoms with van der Waals surface area (Å²) >= 11 is 0. The molecule has 6 nitrogen and oxygen atoms in total. The number of benzene rings is 2. The fraction of sp³-hybridized carbons (Fsp3) is 0.444. The molecule has 0 heterocycles. The molecule has 3 N–H and O–H groups in total. The van der Waals surface area contributed by atoms with Crippen LogP contribution in [-0.2, 0) is 22.7 Å². The van der Waals surface area contributed by atoms with Crippen LogP contribution >= 0.6 is 0 Å². The van der Waals surface area contributed by atoms with Gasteiger partial charge < -0.3 is 20.7 Å². The summed E-state index contributed by atoms with van der Waals surface area (Å²) in [7, 11) is 1.80. The molecular formula is C27H40F4N4O2. The molecule has 1 amide bonds. The van der Waals surface area contributed by atoms with Crippen molar-refractivity contribution in [2.24, 2.45) is 16.6 Å². The molecule has 0 fully saturated rings. The normalized spacial score (nSPS) is 11.1. The quantitative estimate of drug-likeness (QED) is 0.191. The first kappa shape index (κ1) is 35.7. The van der Waals surface area contributed by atoms with Crippen molar-refractivity contribution in [3.05, 3.63) is 71.0 Å². The molecule has 1 atom stereocenters. The number of hydrogen-bond donors (Lipinski definition) is 2. The van der Waals surface area contributed by atoms with Gasteiger partial charge in [0, 0.05) is 26.6 Å². The standard InChI is InChI=1S/C16H24FN3O.C8H9NO.C2H6.CHF3/c1-11(2)15(5-6-21)19-16(18)20(4)10-13-7-12(3)8-14(17)9-13;10-7-9-6-8-4-2-1-3-5-8;1-2;2-1(3)4/h6-9,11,15H,5,10H2,1-4H3,(H2,18,19);1-5,7H,6H2,(H,9,10);1-2H3;1H. The second-order valence-corrected chi connectivity index (χ2v) is 7.93. The maximum absolute atomic E-state index is 13.4. The smallest absolute Gasteiger partial charge is 0.370 e. The summed E-state index contributed by atoms with van der Waals surface area (Å²) in [6.07, 6.45) is 1.91. The maximum atomic E-state index is 13.4. The van der Waals surface area contributed by atoms with E-state index in [1.54, 1.807) is 11.9 Å². The second-order valence-electron chi connectivity index (χ2n) is 7.93.